The molecule has 3 aromatic rings. The van der Waals surface area contributed by atoms with E-state index < -0.39 is 0 Å². The van der Waals surface area contributed by atoms with Crippen molar-refractivity contribution in [1.82, 2.24) is 10.1 Å². The lowest BCUT2D eigenvalue weighted by molar-refractivity contribution is -0.117. The maximum atomic E-state index is 12.7. The Bertz CT molecular complexity index is 1010. The maximum Gasteiger partial charge on any atom is 0.261 e. The SMILES string of the molecule is CCOc1ccccc1-c1nc(C2CC(=O)N(c3cccc(C(C)C)c3)C2)no1. The fourth-order valence-electron chi connectivity index (χ4n) is 3.62. The van der Waals surface area contributed by atoms with E-state index in [1.807, 2.05) is 48.2 Å². The van der Waals surface area contributed by atoms with E-state index in [0.717, 1.165) is 11.3 Å². The summed E-state index contributed by atoms with van der Waals surface area (Å²) >= 11 is 0. The number of amides is 1. The zero-order valence-corrected chi connectivity index (χ0v) is 17.0. The molecule has 6 nitrogen and oxygen atoms in total. The van der Waals surface area contributed by atoms with Gasteiger partial charge in [0, 0.05) is 24.6 Å². The second kappa shape index (κ2) is 8.07. The van der Waals surface area contributed by atoms with Gasteiger partial charge in [-0.2, -0.15) is 4.98 Å². The van der Waals surface area contributed by atoms with E-state index in [2.05, 4.69) is 36.1 Å². The summed E-state index contributed by atoms with van der Waals surface area (Å²) in [7, 11) is 0. The van der Waals surface area contributed by atoms with Crippen LogP contribution in [0.25, 0.3) is 11.5 Å². The van der Waals surface area contributed by atoms with E-state index >= 15 is 0 Å². The predicted octanol–water partition coefficient (Wildman–Crippen LogP) is 4.78. The number of nitrogens with zero attached hydrogens (tertiary/aromatic N) is 3. The highest BCUT2D eigenvalue weighted by Crippen LogP contribution is 2.34. The number of hydrogen-bond donors (Lipinski definition) is 0. The number of aromatic nitrogens is 2. The Balaban J connectivity index is 1.56. The lowest BCUT2D eigenvalue weighted by Crippen LogP contribution is -2.24. The van der Waals surface area contributed by atoms with E-state index in [-0.39, 0.29) is 11.8 Å². The number of carbonyl (C=O) groups is 1. The minimum Gasteiger partial charge on any atom is -0.493 e. The summed E-state index contributed by atoms with van der Waals surface area (Å²) < 4.78 is 11.2. The Kier molecular flexibility index (Phi) is 5.34. The van der Waals surface area contributed by atoms with Crippen LogP contribution in [0, 0.1) is 0 Å². The fraction of sp³-hybridized carbons (Fsp3) is 0.348. The summed E-state index contributed by atoms with van der Waals surface area (Å²) in [4.78, 5) is 19.1. The van der Waals surface area contributed by atoms with Crippen LogP contribution in [-0.2, 0) is 4.79 Å². The number of anilines is 1. The first-order valence-electron chi connectivity index (χ1n) is 10.0. The number of hydrogen-bond acceptors (Lipinski definition) is 5. The van der Waals surface area contributed by atoms with Gasteiger partial charge in [0.25, 0.3) is 5.89 Å². The van der Waals surface area contributed by atoms with Crippen LogP contribution in [0.1, 0.15) is 50.4 Å². The third kappa shape index (κ3) is 3.88. The van der Waals surface area contributed by atoms with Gasteiger partial charge in [0.05, 0.1) is 12.2 Å². The molecule has 0 spiro atoms. The van der Waals surface area contributed by atoms with Crippen LogP contribution in [0.4, 0.5) is 5.69 Å². The molecule has 1 aliphatic rings. The Labute approximate surface area is 170 Å². The normalized spacial score (nSPS) is 16.6. The molecule has 150 valence electrons. The summed E-state index contributed by atoms with van der Waals surface area (Å²) in [5.74, 6) is 2.08. The van der Waals surface area contributed by atoms with Gasteiger partial charge >= 0.3 is 0 Å². The van der Waals surface area contributed by atoms with Crippen molar-refractivity contribution in [2.75, 3.05) is 18.1 Å². The van der Waals surface area contributed by atoms with Gasteiger partial charge in [-0.1, -0.05) is 43.3 Å². The smallest absolute Gasteiger partial charge is 0.261 e. The van der Waals surface area contributed by atoms with Gasteiger partial charge in [-0.05, 0) is 42.7 Å². The molecule has 1 atom stereocenters. The standard InChI is InChI=1S/C23H25N3O3/c1-4-28-20-11-6-5-10-19(20)23-24-22(25-29-23)17-13-21(27)26(14-17)18-9-7-8-16(12-18)15(2)3/h5-12,15,17H,4,13-14H2,1-3H3. The molecule has 0 N–H and O–H groups in total. The second-order valence-corrected chi connectivity index (χ2v) is 7.54. The van der Waals surface area contributed by atoms with E-state index in [4.69, 9.17) is 9.26 Å². The van der Waals surface area contributed by atoms with E-state index in [9.17, 15) is 4.79 Å². The average Bonchev–Trinajstić information content (AvgIpc) is 3.36. The number of rotatable bonds is 6. The molecule has 0 aliphatic carbocycles. The van der Waals surface area contributed by atoms with Gasteiger partial charge < -0.3 is 14.2 Å². The number of carbonyl (C=O) groups excluding carboxylic acids is 1. The first-order chi connectivity index (χ1) is 14.1. The number of para-hydroxylation sites is 1. The average molecular weight is 391 g/mol. The molecule has 0 bridgehead atoms. The van der Waals surface area contributed by atoms with E-state index in [1.165, 1.54) is 5.56 Å². The Morgan fingerprint density at radius 3 is 2.83 bits per heavy atom. The fourth-order valence-corrected chi connectivity index (χ4v) is 3.62. The molecule has 4 rings (SSSR count). The lowest BCUT2D eigenvalue weighted by Gasteiger charge is -2.18. The highest BCUT2D eigenvalue weighted by molar-refractivity contribution is 5.96. The van der Waals surface area contributed by atoms with E-state index in [0.29, 0.717) is 43.0 Å². The summed E-state index contributed by atoms with van der Waals surface area (Å²) in [6.07, 6.45) is 0.373. The zero-order chi connectivity index (χ0) is 20.4. The molecule has 1 unspecified atom stereocenters. The Morgan fingerprint density at radius 1 is 1.21 bits per heavy atom. The molecule has 2 aromatic carbocycles. The van der Waals surface area contributed by atoms with Gasteiger partial charge in [0.15, 0.2) is 5.82 Å². The molecular formula is C23H25N3O3. The maximum absolute atomic E-state index is 12.7. The van der Waals surface area contributed by atoms with Gasteiger partial charge in [-0.25, -0.2) is 0 Å². The van der Waals surface area contributed by atoms with Crippen LogP contribution >= 0.6 is 0 Å². The third-order valence-corrected chi connectivity index (χ3v) is 5.20. The molecule has 1 fully saturated rings. The molecular weight excluding hydrogens is 366 g/mol. The van der Waals surface area contributed by atoms with Crippen molar-refractivity contribution in [3.05, 3.63) is 59.9 Å². The van der Waals surface area contributed by atoms with Gasteiger partial charge in [-0.15, -0.1) is 0 Å². The molecule has 1 saturated heterocycles. The van der Waals surface area contributed by atoms with Gasteiger partial charge in [0.1, 0.15) is 5.75 Å². The van der Waals surface area contributed by atoms with Crippen molar-refractivity contribution in [2.45, 2.75) is 39.0 Å². The minimum absolute atomic E-state index is 0.0805. The van der Waals surface area contributed by atoms with Gasteiger partial charge in [-0.3, -0.25) is 4.79 Å². The number of benzene rings is 2. The summed E-state index contributed by atoms with van der Waals surface area (Å²) in [6.45, 7) is 7.33. The third-order valence-electron chi connectivity index (χ3n) is 5.20. The predicted molar refractivity (Wildman–Crippen MR) is 111 cm³/mol. The van der Waals surface area contributed by atoms with Crippen molar-refractivity contribution >= 4 is 11.6 Å². The molecule has 29 heavy (non-hydrogen) atoms. The highest BCUT2D eigenvalue weighted by atomic mass is 16.5. The molecule has 6 heteroatoms. The van der Waals surface area contributed by atoms with Crippen LogP contribution in [0.15, 0.2) is 53.1 Å². The van der Waals surface area contributed by atoms with Crippen LogP contribution in [0.2, 0.25) is 0 Å². The molecule has 0 radical (unpaired) electrons. The summed E-state index contributed by atoms with van der Waals surface area (Å²) in [5.41, 5.74) is 2.90. The van der Waals surface area contributed by atoms with Crippen molar-refractivity contribution < 1.29 is 14.1 Å². The second-order valence-electron chi connectivity index (χ2n) is 7.54. The lowest BCUT2D eigenvalue weighted by atomic mass is 10.0. The van der Waals surface area contributed by atoms with Crippen molar-refractivity contribution in [3.8, 4) is 17.2 Å². The van der Waals surface area contributed by atoms with Crippen LogP contribution < -0.4 is 9.64 Å². The van der Waals surface area contributed by atoms with Crippen molar-refractivity contribution in [1.29, 1.82) is 0 Å². The topological polar surface area (TPSA) is 68.5 Å². The summed E-state index contributed by atoms with van der Waals surface area (Å²) in [6, 6.07) is 15.7. The zero-order valence-electron chi connectivity index (χ0n) is 17.0. The van der Waals surface area contributed by atoms with Crippen LogP contribution in [0.3, 0.4) is 0 Å². The molecule has 1 aliphatic heterocycles. The first kappa shape index (κ1) is 19.2. The van der Waals surface area contributed by atoms with Crippen LogP contribution in [-0.4, -0.2) is 29.2 Å². The van der Waals surface area contributed by atoms with Crippen molar-refractivity contribution in [3.63, 3.8) is 0 Å². The molecule has 1 aromatic heterocycles. The summed E-state index contributed by atoms with van der Waals surface area (Å²) in [5, 5.41) is 4.16. The Morgan fingerprint density at radius 2 is 2.03 bits per heavy atom. The van der Waals surface area contributed by atoms with E-state index in [1.54, 1.807) is 0 Å². The number of ether oxygens (including phenoxy) is 1. The Hall–Kier alpha value is -3.15. The molecule has 1 amide bonds. The monoisotopic (exact) mass is 391 g/mol. The molecule has 2 heterocycles. The largest absolute Gasteiger partial charge is 0.493 e. The van der Waals surface area contributed by atoms with Gasteiger partial charge in [0.2, 0.25) is 5.91 Å². The highest BCUT2D eigenvalue weighted by Gasteiger charge is 2.35. The molecule has 0 saturated carbocycles. The first-order valence-corrected chi connectivity index (χ1v) is 10.0. The quantitative estimate of drug-likeness (QED) is 0.605. The van der Waals surface area contributed by atoms with Crippen molar-refractivity contribution in [2.24, 2.45) is 0 Å². The minimum atomic E-state index is -0.0954. The van der Waals surface area contributed by atoms with Crippen LogP contribution in [0.5, 0.6) is 5.75 Å².